The van der Waals surface area contributed by atoms with Gasteiger partial charge in [0, 0.05) is 36.0 Å². The Kier molecular flexibility index (Phi) is 4.01. The zero-order chi connectivity index (χ0) is 14.8. The summed E-state index contributed by atoms with van der Waals surface area (Å²) in [5.74, 6) is 1.24. The van der Waals surface area contributed by atoms with Gasteiger partial charge in [-0.15, -0.1) is 11.3 Å². The highest BCUT2D eigenvalue weighted by Gasteiger charge is 2.34. The Hall–Kier alpha value is -1.75. The Bertz CT molecular complexity index is 612. The lowest BCUT2D eigenvalue weighted by atomic mass is 9.97. The summed E-state index contributed by atoms with van der Waals surface area (Å²) >= 11 is 1.62. The Morgan fingerprint density at radius 2 is 2.48 bits per heavy atom. The van der Waals surface area contributed by atoms with Crippen molar-refractivity contribution in [1.82, 2.24) is 9.88 Å². The molecule has 2 aliphatic rings. The van der Waals surface area contributed by atoms with E-state index in [1.165, 1.54) is 16.8 Å². The van der Waals surface area contributed by atoms with E-state index in [9.17, 15) is 0 Å². The monoisotopic (exact) mass is 300 g/mol. The zero-order valence-electron chi connectivity index (χ0n) is 12.3. The number of nitrogens with zero attached hydrogens (tertiary/aromatic N) is 3. The summed E-state index contributed by atoms with van der Waals surface area (Å²) in [5, 5.41) is 10.5. The van der Waals surface area contributed by atoms with Crippen LogP contribution in [0.1, 0.15) is 31.2 Å². The second-order valence-corrected chi connectivity index (χ2v) is 6.39. The van der Waals surface area contributed by atoms with E-state index in [-0.39, 0.29) is 5.92 Å². The molecule has 0 saturated carbocycles. The van der Waals surface area contributed by atoms with Crippen molar-refractivity contribution in [3.05, 3.63) is 40.0 Å². The van der Waals surface area contributed by atoms with Crippen molar-refractivity contribution in [2.75, 3.05) is 13.1 Å². The molecule has 2 aliphatic heterocycles. The highest BCUT2D eigenvalue weighted by molar-refractivity contribution is 7.11. The third-order valence-corrected chi connectivity index (χ3v) is 4.80. The smallest absolute Gasteiger partial charge is 0.165 e. The summed E-state index contributed by atoms with van der Waals surface area (Å²) in [6.07, 6.45) is 6.43. The van der Waals surface area contributed by atoms with Crippen LogP contribution in [0.3, 0.4) is 0 Å². The second-order valence-electron chi connectivity index (χ2n) is 5.50. The fraction of sp³-hybridized carbons (Fsp3) is 0.438. The van der Waals surface area contributed by atoms with Crippen molar-refractivity contribution in [3.8, 4) is 0 Å². The van der Waals surface area contributed by atoms with Gasteiger partial charge in [-0.2, -0.15) is 0 Å². The van der Waals surface area contributed by atoms with E-state index >= 15 is 0 Å². The normalized spacial score (nSPS) is 21.3. The van der Waals surface area contributed by atoms with Crippen LogP contribution < -0.4 is 0 Å². The van der Waals surface area contributed by atoms with Crippen molar-refractivity contribution in [2.24, 2.45) is 10.9 Å². The van der Waals surface area contributed by atoms with Gasteiger partial charge in [0.15, 0.2) is 10.8 Å². The highest BCUT2D eigenvalue weighted by Crippen LogP contribution is 2.36. The van der Waals surface area contributed by atoms with Crippen molar-refractivity contribution in [3.63, 3.8) is 0 Å². The van der Waals surface area contributed by atoms with E-state index < -0.39 is 0 Å². The molecule has 0 radical (unpaired) electrons. The van der Waals surface area contributed by atoms with Gasteiger partial charge in [0.2, 0.25) is 0 Å². The Morgan fingerprint density at radius 3 is 3.14 bits per heavy atom. The molecule has 4 nitrogen and oxygen atoms in total. The van der Waals surface area contributed by atoms with Crippen molar-refractivity contribution in [1.29, 1.82) is 5.41 Å². The minimum Gasteiger partial charge on any atom is -0.327 e. The Balaban J connectivity index is 1.96. The summed E-state index contributed by atoms with van der Waals surface area (Å²) in [6.45, 7) is 7.95. The van der Waals surface area contributed by atoms with Crippen LogP contribution in [0.15, 0.2) is 40.0 Å². The van der Waals surface area contributed by atoms with E-state index in [4.69, 9.17) is 10.4 Å². The minimum absolute atomic E-state index is 0.271. The van der Waals surface area contributed by atoms with Gasteiger partial charge >= 0.3 is 0 Å². The molecule has 1 saturated heterocycles. The van der Waals surface area contributed by atoms with Crippen LogP contribution in [0.25, 0.3) is 0 Å². The summed E-state index contributed by atoms with van der Waals surface area (Å²) in [7, 11) is 0. The molecule has 0 bridgehead atoms. The SMILES string of the molecule is C=C(CCC)C1=C2CC(C=N)CN2C(c2nccs2)=NC1. The first kappa shape index (κ1) is 14.2. The number of fused-ring (bicyclic) bond motifs is 1. The lowest BCUT2D eigenvalue weighted by Crippen LogP contribution is -2.33. The van der Waals surface area contributed by atoms with Gasteiger partial charge in [-0.3, -0.25) is 4.99 Å². The van der Waals surface area contributed by atoms with E-state index in [1.54, 1.807) is 17.6 Å². The summed E-state index contributed by atoms with van der Waals surface area (Å²) in [6, 6.07) is 0. The van der Waals surface area contributed by atoms with E-state index in [2.05, 4.69) is 23.4 Å². The molecule has 1 atom stereocenters. The number of allylic oxidation sites excluding steroid dienone is 1. The molecule has 1 unspecified atom stereocenters. The number of hydrogen-bond acceptors (Lipinski definition) is 5. The van der Waals surface area contributed by atoms with Crippen LogP contribution in [-0.2, 0) is 0 Å². The molecule has 1 aromatic rings. The maximum atomic E-state index is 7.60. The van der Waals surface area contributed by atoms with Gasteiger partial charge in [0.25, 0.3) is 0 Å². The van der Waals surface area contributed by atoms with Gasteiger partial charge in [-0.1, -0.05) is 19.9 Å². The molecule has 110 valence electrons. The van der Waals surface area contributed by atoms with Gasteiger partial charge in [0.05, 0.1) is 6.54 Å². The standard InChI is InChI=1S/C16H20N4S/c1-3-4-11(2)13-9-19-15(16-18-5-6-21-16)20-10-12(8-17)7-14(13)20/h5-6,8,12,17H,2-4,7,9-10H2,1H3. The maximum Gasteiger partial charge on any atom is 0.165 e. The molecule has 5 heteroatoms. The average molecular weight is 300 g/mol. The summed E-state index contributed by atoms with van der Waals surface area (Å²) in [5.41, 5.74) is 3.79. The number of aromatic nitrogens is 1. The lowest BCUT2D eigenvalue weighted by molar-refractivity contribution is 0.550. The first-order valence-corrected chi connectivity index (χ1v) is 8.25. The summed E-state index contributed by atoms with van der Waals surface area (Å²) < 4.78 is 0. The number of amidine groups is 1. The van der Waals surface area contributed by atoms with E-state index in [1.807, 2.05) is 11.6 Å². The zero-order valence-corrected chi connectivity index (χ0v) is 13.1. The molecule has 0 amide bonds. The van der Waals surface area contributed by atoms with Gasteiger partial charge in [0.1, 0.15) is 0 Å². The molecule has 3 rings (SSSR count). The molecule has 1 aromatic heterocycles. The summed E-state index contributed by atoms with van der Waals surface area (Å²) in [4.78, 5) is 11.4. The quantitative estimate of drug-likeness (QED) is 0.846. The third kappa shape index (κ3) is 2.58. The van der Waals surface area contributed by atoms with Crippen molar-refractivity contribution < 1.29 is 0 Å². The predicted octanol–water partition coefficient (Wildman–Crippen LogP) is 3.49. The van der Waals surface area contributed by atoms with Crippen LogP contribution in [-0.4, -0.2) is 35.0 Å². The second kappa shape index (κ2) is 5.93. The van der Waals surface area contributed by atoms with Gasteiger partial charge < -0.3 is 10.3 Å². The number of thiazole rings is 1. The van der Waals surface area contributed by atoms with Crippen LogP contribution in [0.5, 0.6) is 0 Å². The molecular formula is C16H20N4S. The van der Waals surface area contributed by atoms with Crippen LogP contribution >= 0.6 is 11.3 Å². The molecule has 0 spiro atoms. The Labute approximate surface area is 129 Å². The van der Waals surface area contributed by atoms with E-state index in [0.29, 0.717) is 6.54 Å². The number of hydrogen-bond donors (Lipinski definition) is 1. The first-order valence-electron chi connectivity index (χ1n) is 7.37. The van der Waals surface area contributed by atoms with E-state index in [0.717, 1.165) is 36.7 Å². The molecule has 1 N–H and O–H groups in total. The molecule has 0 aliphatic carbocycles. The molecule has 3 heterocycles. The highest BCUT2D eigenvalue weighted by atomic mass is 32.1. The maximum absolute atomic E-state index is 7.60. The minimum atomic E-state index is 0.271. The Morgan fingerprint density at radius 1 is 1.62 bits per heavy atom. The average Bonchev–Trinajstić information content (AvgIpc) is 3.15. The predicted molar refractivity (Wildman–Crippen MR) is 88.2 cm³/mol. The number of nitrogens with one attached hydrogen (secondary N) is 1. The van der Waals surface area contributed by atoms with Gasteiger partial charge in [-0.25, -0.2) is 4.98 Å². The first-order chi connectivity index (χ1) is 10.2. The number of aliphatic imine (C=N–C) groups is 1. The van der Waals surface area contributed by atoms with Gasteiger partial charge in [-0.05, 0) is 24.0 Å². The topological polar surface area (TPSA) is 52.3 Å². The lowest BCUT2D eigenvalue weighted by Gasteiger charge is -2.28. The fourth-order valence-corrected chi connectivity index (χ4v) is 3.65. The van der Waals surface area contributed by atoms with Crippen LogP contribution in [0, 0.1) is 11.3 Å². The third-order valence-electron chi connectivity index (χ3n) is 4.03. The molecule has 0 aromatic carbocycles. The van der Waals surface area contributed by atoms with Crippen molar-refractivity contribution in [2.45, 2.75) is 26.2 Å². The molecule has 21 heavy (non-hydrogen) atoms. The molecule has 1 fully saturated rings. The molecular weight excluding hydrogens is 280 g/mol. The van der Waals surface area contributed by atoms with Crippen LogP contribution in [0.4, 0.5) is 0 Å². The largest absolute Gasteiger partial charge is 0.327 e. The van der Waals surface area contributed by atoms with Crippen molar-refractivity contribution >= 4 is 23.4 Å². The van der Waals surface area contributed by atoms with Crippen LogP contribution in [0.2, 0.25) is 0 Å². The number of rotatable bonds is 5. The fourth-order valence-electron chi connectivity index (χ4n) is 3.00.